The standard InChI is InChI=1S/C13H18N2O4S.H2O4S/c14-11(12(16)17)9-20-7-6-15-13(18)19-8-10-4-2-1-3-5-10;1-5(2,3)4/h1-5,11H,6-9,14H2,(H,15,18)(H,16,17);(H2,1,2,3,4)/t11-;/m0./s1. The molecule has 10 nitrogen and oxygen atoms in total. The van der Waals surface area contributed by atoms with E-state index >= 15 is 0 Å². The zero-order valence-electron chi connectivity index (χ0n) is 13.1. The summed E-state index contributed by atoms with van der Waals surface area (Å²) in [4.78, 5) is 21.8. The van der Waals surface area contributed by atoms with Gasteiger partial charge in [-0.3, -0.25) is 13.9 Å². The van der Waals surface area contributed by atoms with Crippen molar-refractivity contribution in [2.24, 2.45) is 5.73 Å². The number of nitrogens with two attached hydrogens (primary N) is 1. The molecule has 0 radical (unpaired) electrons. The lowest BCUT2D eigenvalue weighted by molar-refractivity contribution is -0.137. The summed E-state index contributed by atoms with van der Waals surface area (Å²) in [5, 5.41) is 11.2. The maximum Gasteiger partial charge on any atom is 0.407 e. The number of benzene rings is 1. The van der Waals surface area contributed by atoms with E-state index in [-0.39, 0.29) is 6.61 Å². The molecule has 1 rings (SSSR count). The molecule has 1 aromatic rings. The molecule has 0 heterocycles. The van der Waals surface area contributed by atoms with Crippen LogP contribution in [-0.2, 0) is 26.5 Å². The highest BCUT2D eigenvalue weighted by atomic mass is 32.3. The van der Waals surface area contributed by atoms with Gasteiger partial charge in [-0.05, 0) is 5.56 Å². The van der Waals surface area contributed by atoms with Gasteiger partial charge < -0.3 is 20.9 Å². The Morgan fingerprint density at radius 3 is 2.32 bits per heavy atom. The molecule has 142 valence electrons. The van der Waals surface area contributed by atoms with E-state index in [4.69, 9.17) is 33.1 Å². The van der Waals surface area contributed by atoms with E-state index < -0.39 is 28.5 Å². The molecule has 1 aromatic carbocycles. The number of alkyl carbamates (subject to hydrolysis) is 1. The van der Waals surface area contributed by atoms with Gasteiger partial charge in [0.15, 0.2) is 0 Å². The predicted molar refractivity (Wildman–Crippen MR) is 91.7 cm³/mol. The lowest BCUT2D eigenvalue weighted by Gasteiger charge is -2.08. The van der Waals surface area contributed by atoms with Gasteiger partial charge in [-0.25, -0.2) is 4.79 Å². The number of amides is 1. The fraction of sp³-hybridized carbons (Fsp3) is 0.385. The Bertz CT molecular complexity index is 616. The van der Waals surface area contributed by atoms with Gasteiger partial charge in [0.05, 0.1) is 0 Å². The summed E-state index contributed by atoms with van der Waals surface area (Å²) in [6, 6.07) is 8.51. The van der Waals surface area contributed by atoms with Gasteiger partial charge in [-0.15, -0.1) is 0 Å². The predicted octanol–water partition coefficient (Wildman–Crippen LogP) is 0.405. The average molecular weight is 396 g/mol. The number of hydrogen-bond donors (Lipinski definition) is 5. The molecule has 0 unspecified atom stereocenters. The first-order valence-corrected chi connectivity index (χ1v) is 9.35. The summed E-state index contributed by atoms with van der Waals surface area (Å²) in [7, 11) is -4.67. The fourth-order valence-corrected chi connectivity index (χ4v) is 2.09. The van der Waals surface area contributed by atoms with Gasteiger partial charge in [0.2, 0.25) is 0 Å². The third-order valence-electron chi connectivity index (χ3n) is 2.34. The van der Waals surface area contributed by atoms with Crippen molar-refractivity contribution in [3.05, 3.63) is 35.9 Å². The van der Waals surface area contributed by atoms with Crippen LogP contribution in [0.5, 0.6) is 0 Å². The highest BCUT2D eigenvalue weighted by Gasteiger charge is 2.10. The quantitative estimate of drug-likeness (QED) is 0.305. The van der Waals surface area contributed by atoms with Gasteiger partial charge in [-0.1, -0.05) is 30.3 Å². The van der Waals surface area contributed by atoms with E-state index in [1.165, 1.54) is 11.8 Å². The number of carbonyl (C=O) groups excluding carboxylic acids is 1. The van der Waals surface area contributed by atoms with Crippen LogP contribution in [0.4, 0.5) is 4.79 Å². The summed E-state index contributed by atoms with van der Waals surface area (Å²) in [6.07, 6.45) is -0.489. The maximum absolute atomic E-state index is 11.4. The first-order valence-electron chi connectivity index (χ1n) is 6.80. The van der Waals surface area contributed by atoms with Gasteiger partial charge in [-0.2, -0.15) is 20.2 Å². The maximum atomic E-state index is 11.4. The highest BCUT2D eigenvalue weighted by Crippen LogP contribution is 2.02. The number of nitrogens with one attached hydrogen (secondary N) is 1. The van der Waals surface area contributed by atoms with Crippen LogP contribution in [0.2, 0.25) is 0 Å². The number of carboxylic acids is 1. The molecule has 0 spiro atoms. The molecule has 0 bridgehead atoms. The van der Waals surface area contributed by atoms with Crippen LogP contribution < -0.4 is 11.1 Å². The van der Waals surface area contributed by atoms with E-state index in [1.54, 1.807) is 0 Å². The minimum Gasteiger partial charge on any atom is -0.480 e. The summed E-state index contributed by atoms with van der Waals surface area (Å²) in [6.45, 7) is 0.633. The van der Waals surface area contributed by atoms with Crippen LogP contribution >= 0.6 is 11.8 Å². The normalized spacial score (nSPS) is 11.6. The number of hydrogen-bond acceptors (Lipinski definition) is 7. The minimum absolute atomic E-state index is 0.226. The molecule has 0 fully saturated rings. The second kappa shape index (κ2) is 12.5. The van der Waals surface area contributed by atoms with Gasteiger partial charge >= 0.3 is 22.5 Å². The topological polar surface area (TPSA) is 176 Å². The van der Waals surface area contributed by atoms with Crippen LogP contribution in [0.25, 0.3) is 0 Å². The van der Waals surface area contributed by atoms with E-state index in [0.29, 0.717) is 18.1 Å². The fourth-order valence-electron chi connectivity index (χ4n) is 1.28. The van der Waals surface area contributed by atoms with E-state index in [9.17, 15) is 9.59 Å². The lowest BCUT2D eigenvalue weighted by Crippen LogP contribution is -2.33. The molecular formula is C13H20N2O8S2. The summed E-state index contributed by atoms with van der Waals surface area (Å²) >= 11 is 1.37. The van der Waals surface area contributed by atoms with Gasteiger partial charge in [0.25, 0.3) is 0 Å². The van der Waals surface area contributed by atoms with Crippen molar-refractivity contribution >= 4 is 34.2 Å². The Morgan fingerprint density at radius 1 is 1.24 bits per heavy atom. The molecular weight excluding hydrogens is 376 g/mol. The Morgan fingerprint density at radius 2 is 1.80 bits per heavy atom. The molecule has 0 aliphatic heterocycles. The lowest BCUT2D eigenvalue weighted by atomic mass is 10.2. The molecule has 12 heteroatoms. The van der Waals surface area contributed by atoms with Crippen LogP contribution in [0.3, 0.4) is 0 Å². The van der Waals surface area contributed by atoms with E-state index in [2.05, 4.69) is 5.32 Å². The third-order valence-corrected chi connectivity index (χ3v) is 3.43. The first-order chi connectivity index (χ1) is 11.6. The molecule has 1 amide bonds. The molecule has 6 N–H and O–H groups in total. The number of rotatable bonds is 8. The Labute approximate surface area is 149 Å². The van der Waals surface area contributed by atoms with Crippen LogP contribution in [-0.4, -0.2) is 58.8 Å². The van der Waals surface area contributed by atoms with Crippen molar-refractivity contribution in [3.63, 3.8) is 0 Å². The monoisotopic (exact) mass is 396 g/mol. The van der Waals surface area contributed by atoms with E-state index in [1.807, 2.05) is 30.3 Å². The Balaban J connectivity index is 0.00000101. The van der Waals surface area contributed by atoms with Crippen LogP contribution in [0.15, 0.2) is 30.3 Å². The van der Waals surface area contributed by atoms with Crippen molar-refractivity contribution < 1.29 is 37.0 Å². The van der Waals surface area contributed by atoms with Crippen molar-refractivity contribution in [1.29, 1.82) is 0 Å². The molecule has 0 aliphatic rings. The van der Waals surface area contributed by atoms with Crippen molar-refractivity contribution in [2.45, 2.75) is 12.6 Å². The Kier molecular flexibility index (Phi) is 11.6. The van der Waals surface area contributed by atoms with E-state index in [0.717, 1.165) is 5.56 Å². The molecule has 0 aliphatic carbocycles. The van der Waals surface area contributed by atoms with Crippen molar-refractivity contribution in [2.75, 3.05) is 18.1 Å². The number of carboxylic acid groups (broad SMARTS) is 1. The zero-order valence-corrected chi connectivity index (χ0v) is 14.7. The smallest absolute Gasteiger partial charge is 0.407 e. The van der Waals surface area contributed by atoms with Crippen LogP contribution in [0.1, 0.15) is 5.56 Å². The summed E-state index contributed by atoms with van der Waals surface area (Å²) in [5.41, 5.74) is 6.26. The first kappa shape index (κ1) is 23.1. The SMILES string of the molecule is N[C@@H](CSCCNC(=O)OCc1ccccc1)C(=O)O.O=S(=O)(O)O. The summed E-state index contributed by atoms with van der Waals surface area (Å²) in [5.74, 6) is -0.120. The molecule has 25 heavy (non-hydrogen) atoms. The Hall–Kier alpha value is -1.86. The minimum atomic E-state index is -4.67. The van der Waals surface area contributed by atoms with Crippen LogP contribution in [0, 0.1) is 0 Å². The second-order valence-electron chi connectivity index (χ2n) is 4.46. The van der Waals surface area contributed by atoms with Gasteiger partial charge in [0.1, 0.15) is 12.6 Å². The third kappa shape index (κ3) is 16.8. The second-order valence-corrected chi connectivity index (χ2v) is 6.50. The number of aliphatic carboxylic acids is 1. The van der Waals surface area contributed by atoms with Crippen molar-refractivity contribution in [1.82, 2.24) is 5.32 Å². The average Bonchev–Trinajstić information content (AvgIpc) is 2.51. The highest BCUT2D eigenvalue weighted by molar-refractivity contribution is 7.99. The zero-order chi connectivity index (χ0) is 19.3. The number of carbonyl (C=O) groups is 2. The molecule has 0 saturated heterocycles. The summed E-state index contributed by atoms with van der Waals surface area (Å²) < 4.78 is 36.6. The van der Waals surface area contributed by atoms with Gasteiger partial charge in [0, 0.05) is 18.1 Å². The number of ether oxygens (including phenoxy) is 1. The largest absolute Gasteiger partial charge is 0.480 e. The molecule has 0 aromatic heterocycles. The molecule has 1 atom stereocenters. The van der Waals surface area contributed by atoms with Crippen molar-refractivity contribution in [3.8, 4) is 0 Å². The molecule has 0 saturated carbocycles. The number of thioether (sulfide) groups is 1.